The number of benzene rings is 1. The van der Waals surface area contributed by atoms with Crippen molar-refractivity contribution in [3.05, 3.63) is 35.9 Å². The molecule has 0 bridgehead atoms. The standard InChI is InChI=1S/C17H28N2O2.ClH/c1-4-14(2)16(15-8-6-5-7-9-15)17(20)19-11-10-18-12-13-21-3;/h5-9,14,16,18H,4,10-13H2,1-3H3,(H,19,20);1H. The van der Waals surface area contributed by atoms with E-state index in [-0.39, 0.29) is 24.2 Å². The molecule has 0 aliphatic heterocycles. The Morgan fingerprint density at radius 3 is 2.45 bits per heavy atom. The monoisotopic (exact) mass is 328 g/mol. The zero-order valence-corrected chi connectivity index (χ0v) is 14.6. The second-order valence-corrected chi connectivity index (χ2v) is 5.31. The average Bonchev–Trinajstić information content (AvgIpc) is 2.51. The average molecular weight is 329 g/mol. The van der Waals surface area contributed by atoms with E-state index in [1.165, 1.54) is 0 Å². The van der Waals surface area contributed by atoms with Crippen LogP contribution in [0.15, 0.2) is 30.3 Å². The molecular formula is C17H29ClN2O2. The van der Waals surface area contributed by atoms with E-state index in [0.717, 1.165) is 25.1 Å². The van der Waals surface area contributed by atoms with Crippen molar-refractivity contribution >= 4 is 18.3 Å². The summed E-state index contributed by atoms with van der Waals surface area (Å²) in [4.78, 5) is 12.5. The second-order valence-electron chi connectivity index (χ2n) is 5.31. The Balaban J connectivity index is 0.00000441. The van der Waals surface area contributed by atoms with Gasteiger partial charge < -0.3 is 15.4 Å². The molecule has 4 nitrogen and oxygen atoms in total. The predicted molar refractivity (Wildman–Crippen MR) is 93.6 cm³/mol. The van der Waals surface area contributed by atoms with Gasteiger partial charge in [0.1, 0.15) is 0 Å². The number of hydrogen-bond acceptors (Lipinski definition) is 3. The first-order chi connectivity index (χ1) is 10.2. The number of rotatable bonds is 10. The van der Waals surface area contributed by atoms with Gasteiger partial charge in [0.15, 0.2) is 0 Å². The molecule has 0 aromatic heterocycles. The van der Waals surface area contributed by atoms with Gasteiger partial charge in [-0.3, -0.25) is 4.79 Å². The Morgan fingerprint density at radius 2 is 1.86 bits per heavy atom. The summed E-state index contributed by atoms with van der Waals surface area (Å²) < 4.78 is 4.96. The van der Waals surface area contributed by atoms with Gasteiger partial charge in [-0.2, -0.15) is 0 Å². The first-order valence-electron chi connectivity index (χ1n) is 7.73. The van der Waals surface area contributed by atoms with E-state index in [1.807, 2.05) is 30.3 Å². The molecule has 0 fully saturated rings. The summed E-state index contributed by atoms with van der Waals surface area (Å²) in [5.74, 6) is 0.369. The highest BCUT2D eigenvalue weighted by Gasteiger charge is 2.25. The number of carbonyl (C=O) groups excluding carboxylic acids is 1. The third kappa shape index (κ3) is 7.25. The van der Waals surface area contributed by atoms with Crippen molar-refractivity contribution in [2.24, 2.45) is 5.92 Å². The zero-order valence-electron chi connectivity index (χ0n) is 13.8. The lowest BCUT2D eigenvalue weighted by Gasteiger charge is -2.22. The van der Waals surface area contributed by atoms with Gasteiger partial charge in [0, 0.05) is 26.7 Å². The zero-order chi connectivity index (χ0) is 15.5. The van der Waals surface area contributed by atoms with E-state index in [0.29, 0.717) is 19.1 Å². The molecule has 2 N–H and O–H groups in total. The summed E-state index contributed by atoms with van der Waals surface area (Å²) in [6, 6.07) is 10.0. The maximum atomic E-state index is 12.5. The molecule has 126 valence electrons. The van der Waals surface area contributed by atoms with Crippen molar-refractivity contribution in [2.45, 2.75) is 26.2 Å². The highest BCUT2D eigenvalue weighted by Crippen LogP contribution is 2.26. The Morgan fingerprint density at radius 1 is 1.18 bits per heavy atom. The van der Waals surface area contributed by atoms with E-state index in [1.54, 1.807) is 7.11 Å². The molecule has 22 heavy (non-hydrogen) atoms. The van der Waals surface area contributed by atoms with Crippen molar-refractivity contribution in [1.29, 1.82) is 0 Å². The van der Waals surface area contributed by atoms with Crippen LogP contribution < -0.4 is 10.6 Å². The molecule has 0 aliphatic carbocycles. The summed E-state index contributed by atoms with van der Waals surface area (Å²) in [5.41, 5.74) is 1.09. The SMILES string of the molecule is CCC(C)C(C(=O)NCCNCCOC)c1ccccc1.Cl. The number of hydrogen-bond donors (Lipinski definition) is 2. The lowest BCUT2D eigenvalue weighted by Crippen LogP contribution is -2.37. The lowest BCUT2D eigenvalue weighted by molar-refractivity contribution is -0.123. The summed E-state index contributed by atoms with van der Waals surface area (Å²) in [6.07, 6.45) is 0.985. The largest absolute Gasteiger partial charge is 0.383 e. The van der Waals surface area contributed by atoms with Crippen LogP contribution in [0.25, 0.3) is 0 Å². The Kier molecular flexibility index (Phi) is 11.8. The van der Waals surface area contributed by atoms with Crippen LogP contribution in [-0.4, -0.2) is 39.3 Å². The molecule has 0 radical (unpaired) electrons. The predicted octanol–water partition coefficient (Wildman–Crippen LogP) is 2.59. The van der Waals surface area contributed by atoms with Crippen molar-refractivity contribution in [3.63, 3.8) is 0 Å². The van der Waals surface area contributed by atoms with Crippen molar-refractivity contribution in [2.75, 3.05) is 33.4 Å². The van der Waals surface area contributed by atoms with E-state index in [2.05, 4.69) is 24.5 Å². The van der Waals surface area contributed by atoms with Gasteiger partial charge in [-0.15, -0.1) is 12.4 Å². The van der Waals surface area contributed by atoms with E-state index in [4.69, 9.17) is 4.74 Å². The Bertz CT molecular complexity index is 401. The molecule has 0 aliphatic rings. The van der Waals surface area contributed by atoms with Crippen LogP contribution in [0.1, 0.15) is 31.7 Å². The lowest BCUT2D eigenvalue weighted by atomic mass is 9.85. The number of nitrogens with one attached hydrogen (secondary N) is 2. The smallest absolute Gasteiger partial charge is 0.227 e. The number of carbonyl (C=O) groups is 1. The molecule has 1 aromatic carbocycles. The van der Waals surface area contributed by atoms with Crippen molar-refractivity contribution in [3.8, 4) is 0 Å². The third-order valence-corrected chi connectivity index (χ3v) is 3.74. The molecule has 0 saturated heterocycles. The maximum Gasteiger partial charge on any atom is 0.227 e. The molecule has 0 heterocycles. The minimum atomic E-state index is -0.0739. The fourth-order valence-electron chi connectivity index (χ4n) is 2.32. The van der Waals surface area contributed by atoms with Gasteiger partial charge in [-0.1, -0.05) is 50.6 Å². The van der Waals surface area contributed by atoms with Gasteiger partial charge in [0.05, 0.1) is 12.5 Å². The van der Waals surface area contributed by atoms with Crippen LogP contribution in [0.3, 0.4) is 0 Å². The molecule has 2 atom stereocenters. The van der Waals surface area contributed by atoms with E-state index >= 15 is 0 Å². The van der Waals surface area contributed by atoms with Crippen molar-refractivity contribution < 1.29 is 9.53 Å². The van der Waals surface area contributed by atoms with Crippen LogP contribution in [0.4, 0.5) is 0 Å². The number of amides is 1. The van der Waals surface area contributed by atoms with Gasteiger partial charge >= 0.3 is 0 Å². The normalized spacial score (nSPS) is 13.0. The van der Waals surface area contributed by atoms with Gasteiger partial charge in [-0.25, -0.2) is 0 Å². The third-order valence-electron chi connectivity index (χ3n) is 3.74. The molecule has 0 saturated carbocycles. The first kappa shape index (κ1) is 20.9. The minimum absolute atomic E-state index is 0. The molecule has 1 rings (SSSR count). The fourth-order valence-corrected chi connectivity index (χ4v) is 2.32. The molecule has 5 heteroatoms. The summed E-state index contributed by atoms with van der Waals surface area (Å²) in [6.45, 7) is 7.15. The van der Waals surface area contributed by atoms with Crippen LogP contribution in [0.2, 0.25) is 0 Å². The highest BCUT2D eigenvalue weighted by atomic mass is 35.5. The number of halogens is 1. The quantitative estimate of drug-likeness (QED) is 0.649. The molecule has 2 unspecified atom stereocenters. The van der Waals surface area contributed by atoms with Gasteiger partial charge in [0.25, 0.3) is 0 Å². The topological polar surface area (TPSA) is 50.4 Å². The van der Waals surface area contributed by atoms with E-state index < -0.39 is 0 Å². The fraction of sp³-hybridized carbons (Fsp3) is 0.588. The van der Waals surface area contributed by atoms with Crippen molar-refractivity contribution in [1.82, 2.24) is 10.6 Å². The highest BCUT2D eigenvalue weighted by molar-refractivity contribution is 5.85. The maximum absolute atomic E-state index is 12.5. The molecular weight excluding hydrogens is 300 g/mol. The molecule has 0 spiro atoms. The van der Waals surface area contributed by atoms with Crippen LogP contribution in [0.5, 0.6) is 0 Å². The number of methoxy groups -OCH3 is 1. The molecule has 1 amide bonds. The Hall–Kier alpha value is -1.10. The van der Waals surface area contributed by atoms with Gasteiger partial charge in [-0.05, 0) is 11.5 Å². The van der Waals surface area contributed by atoms with Gasteiger partial charge in [0.2, 0.25) is 5.91 Å². The molecule has 1 aromatic rings. The first-order valence-corrected chi connectivity index (χ1v) is 7.73. The van der Waals surface area contributed by atoms with Crippen LogP contribution in [0, 0.1) is 5.92 Å². The summed E-state index contributed by atoms with van der Waals surface area (Å²) in [7, 11) is 1.68. The Labute approximate surface area is 140 Å². The van der Waals surface area contributed by atoms with E-state index in [9.17, 15) is 4.79 Å². The number of ether oxygens (including phenoxy) is 1. The van der Waals surface area contributed by atoms with Crippen LogP contribution >= 0.6 is 12.4 Å². The second kappa shape index (κ2) is 12.4. The van der Waals surface area contributed by atoms with Crippen LogP contribution in [-0.2, 0) is 9.53 Å². The summed E-state index contributed by atoms with van der Waals surface area (Å²) in [5, 5.41) is 6.25. The summed E-state index contributed by atoms with van der Waals surface area (Å²) >= 11 is 0. The minimum Gasteiger partial charge on any atom is -0.383 e.